The molecule has 0 saturated heterocycles. The summed E-state index contributed by atoms with van der Waals surface area (Å²) in [5.74, 6) is 5.64. The Balaban J connectivity index is 2.23. The molecule has 2 rings (SSSR count). The van der Waals surface area contributed by atoms with Crippen LogP contribution in [-0.4, -0.2) is 4.98 Å². The number of nitrogens with one attached hydrogen (secondary N) is 1. The Morgan fingerprint density at radius 3 is 2.88 bits per heavy atom. The normalized spacial score (nSPS) is 12.6. The largest absolute Gasteiger partial charge is 0.271 e. The second-order valence-electron chi connectivity index (χ2n) is 4.27. The highest BCUT2D eigenvalue weighted by molar-refractivity contribution is 7.07. The summed E-state index contributed by atoms with van der Waals surface area (Å²) in [6.07, 6.45) is 2.76. The standard InChI is InChI=1S/C13H17N3S/c1-9-5-10(2)13(15-7-9)12(16-14)6-11-3-4-17-8-11/h3-5,7-8,12,16H,6,14H2,1-2H3. The number of thiophene rings is 1. The monoisotopic (exact) mass is 247 g/mol. The fraction of sp³-hybridized carbons (Fsp3) is 0.308. The Morgan fingerprint density at radius 1 is 1.47 bits per heavy atom. The van der Waals surface area contributed by atoms with E-state index >= 15 is 0 Å². The first-order valence-electron chi connectivity index (χ1n) is 5.61. The Morgan fingerprint density at radius 2 is 2.29 bits per heavy atom. The Kier molecular flexibility index (Phi) is 3.89. The van der Waals surface area contributed by atoms with Crippen molar-refractivity contribution in [3.63, 3.8) is 0 Å². The van der Waals surface area contributed by atoms with Gasteiger partial charge in [0.15, 0.2) is 0 Å². The zero-order valence-electron chi connectivity index (χ0n) is 10.1. The average Bonchev–Trinajstić information content (AvgIpc) is 2.79. The van der Waals surface area contributed by atoms with Crippen molar-refractivity contribution in [3.05, 3.63) is 51.5 Å². The highest BCUT2D eigenvalue weighted by Crippen LogP contribution is 2.20. The number of aromatic nitrogens is 1. The lowest BCUT2D eigenvalue weighted by Crippen LogP contribution is -2.30. The minimum Gasteiger partial charge on any atom is -0.271 e. The van der Waals surface area contributed by atoms with Gasteiger partial charge in [0, 0.05) is 6.20 Å². The summed E-state index contributed by atoms with van der Waals surface area (Å²) in [7, 11) is 0. The van der Waals surface area contributed by atoms with E-state index in [1.54, 1.807) is 11.3 Å². The molecule has 0 fully saturated rings. The maximum Gasteiger partial charge on any atom is 0.0675 e. The summed E-state index contributed by atoms with van der Waals surface area (Å²) in [4.78, 5) is 4.49. The molecule has 0 spiro atoms. The van der Waals surface area contributed by atoms with Gasteiger partial charge in [0.1, 0.15) is 0 Å². The number of nitrogens with two attached hydrogens (primary N) is 1. The number of hydrazine groups is 1. The molecule has 2 heterocycles. The van der Waals surface area contributed by atoms with Crippen LogP contribution in [0.25, 0.3) is 0 Å². The van der Waals surface area contributed by atoms with Gasteiger partial charge >= 0.3 is 0 Å². The van der Waals surface area contributed by atoms with Crippen molar-refractivity contribution >= 4 is 11.3 Å². The molecular weight excluding hydrogens is 230 g/mol. The van der Waals surface area contributed by atoms with Crippen LogP contribution in [0.4, 0.5) is 0 Å². The number of hydrogen-bond donors (Lipinski definition) is 2. The SMILES string of the molecule is Cc1cnc(C(Cc2ccsc2)NN)c(C)c1. The average molecular weight is 247 g/mol. The van der Waals surface area contributed by atoms with Crippen molar-refractivity contribution in [1.82, 2.24) is 10.4 Å². The zero-order chi connectivity index (χ0) is 12.3. The van der Waals surface area contributed by atoms with E-state index in [2.05, 4.69) is 40.2 Å². The summed E-state index contributed by atoms with van der Waals surface area (Å²) in [5, 5.41) is 4.23. The minimum absolute atomic E-state index is 0.0743. The van der Waals surface area contributed by atoms with Gasteiger partial charge in [-0.05, 0) is 53.8 Å². The first kappa shape index (κ1) is 12.2. The molecule has 0 aliphatic rings. The van der Waals surface area contributed by atoms with Crippen molar-refractivity contribution in [2.45, 2.75) is 26.3 Å². The fourth-order valence-corrected chi connectivity index (χ4v) is 2.65. The number of nitrogens with zero attached hydrogens (tertiary/aromatic N) is 1. The Bertz CT molecular complexity index is 479. The zero-order valence-corrected chi connectivity index (χ0v) is 10.9. The van der Waals surface area contributed by atoms with Crippen molar-refractivity contribution < 1.29 is 0 Å². The lowest BCUT2D eigenvalue weighted by atomic mass is 10.0. The van der Waals surface area contributed by atoms with E-state index in [9.17, 15) is 0 Å². The van der Waals surface area contributed by atoms with E-state index in [4.69, 9.17) is 5.84 Å². The van der Waals surface area contributed by atoms with Gasteiger partial charge in [-0.25, -0.2) is 0 Å². The molecule has 4 heteroatoms. The molecule has 2 aromatic rings. The molecular formula is C13H17N3S. The Hall–Kier alpha value is -1.23. The molecule has 0 saturated carbocycles. The lowest BCUT2D eigenvalue weighted by molar-refractivity contribution is 0.536. The third-order valence-corrected chi connectivity index (χ3v) is 3.54. The smallest absolute Gasteiger partial charge is 0.0675 e. The molecule has 1 unspecified atom stereocenters. The maximum absolute atomic E-state index is 5.64. The maximum atomic E-state index is 5.64. The second-order valence-corrected chi connectivity index (χ2v) is 5.05. The van der Waals surface area contributed by atoms with E-state index in [1.807, 2.05) is 13.1 Å². The van der Waals surface area contributed by atoms with Crippen LogP contribution in [0.3, 0.4) is 0 Å². The lowest BCUT2D eigenvalue weighted by Gasteiger charge is -2.17. The molecule has 0 amide bonds. The molecule has 2 aromatic heterocycles. The molecule has 3 N–H and O–H groups in total. The van der Waals surface area contributed by atoms with Crippen molar-refractivity contribution in [2.75, 3.05) is 0 Å². The summed E-state index contributed by atoms with van der Waals surface area (Å²) in [5.41, 5.74) is 7.54. The molecule has 3 nitrogen and oxygen atoms in total. The van der Waals surface area contributed by atoms with Gasteiger partial charge in [0.2, 0.25) is 0 Å². The van der Waals surface area contributed by atoms with E-state index in [-0.39, 0.29) is 6.04 Å². The molecule has 0 aliphatic heterocycles. The quantitative estimate of drug-likeness (QED) is 0.644. The number of aryl methyl sites for hydroxylation is 2. The van der Waals surface area contributed by atoms with Crippen molar-refractivity contribution in [2.24, 2.45) is 5.84 Å². The van der Waals surface area contributed by atoms with E-state index in [0.717, 1.165) is 12.1 Å². The number of pyridine rings is 1. The van der Waals surface area contributed by atoms with Crippen LogP contribution < -0.4 is 11.3 Å². The molecule has 0 aliphatic carbocycles. The predicted molar refractivity (Wildman–Crippen MR) is 71.8 cm³/mol. The number of hydrogen-bond acceptors (Lipinski definition) is 4. The van der Waals surface area contributed by atoms with Gasteiger partial charge in [-0.2, -0.15) is 11.3 Å². The summed E-state index contributed by atoms with van der Waals surface area (Å²) in [6.45, 7) is 4.13. The van der Waals surface area contributed by atoms with Gasteiger partial charge in [-0.1, -0.05) is 6.07 Å². The minimum atomic E-state index is 0.0743. The van der Waals surface area contributed by atoms with Gasteiger partial charge in [-0.3, -0.25) is 16.3 Å². The Labute approximate surface area is 106 Å². The fourth-order valence-electron chi connectivity index (χ4n) is 1.97. The van der Waals surface area contributed by atoms with E-state index in [0.29, 0.717) is 0 Å². The summed E-state index contributed by atoms with van der Waals surface area (Å²) in [6, 6.07) is 4.34. The predicted octanol–water partition coefficient (Wildman–Crippen LogP) is 2.51. The van der Waals surface area contributed by atoms with Crippen molar-refractivity contribution in [1.29, 1.82) is 0 Å². The topological polar surface area (TPSA) is 50.9 Å². The third-order valence-electron chi connectivity index (χ3n) is 2.81. The first-order valence-corrected chi connectivity index (χ1v) is 6.55. The summed E-state index contributed by atoms with van der Waals surface area (Å²) >= 11 is 1.70. The highest BCUT2D eigenvalue weighted by atomic mass is 32.1. The van der Waals surface area contributed by atoms with Gasteiger partial charge < -0.3 is 0 Å². The van der Waals surface area contributed by atoms with Crippen LogP contribution in [0, 0.1) is 13.8 Å². The first-order chi connectivity index (χ1) is 8.20. The van der Waals surface area contributed by atoms with Crippen LogP contribution in [-0.2, 0) is 6.42 Å². The van der Waals surface area contributed by atoms with Crippen LogP contribution >= 0.6 is 11.3 Å². The third kappa shape index (κ3) is 2.91. The van der Waals surface area contributed by atoms with Crippen LogP contribution in [0.1, 0.15) is 28.4 Å². The van der Waals surface area contributed by atoms with Crippen molar-refractivity contribution in [3.8, 4) is 0 Å². The van der Waals surface area contributed by atoms with Crippen LogP contribution in [0.15, 0.2) is 29.1 Å². The van der Waals surface area contributed by atoms with Gasteiger partial charge in [0.25, 0.3) is 0 Å². The van der Waals surface area contributed by atoms with E-state index in [1.165, 1.54) is 16.7 Å². The molecule has 17 heavy (non-hydrogen) atoms. The summed E-state index contributed by atoms with van der Waals surface area (Å²) < 4.78 is 0. The molecule has 0 bridgehead atoms. The molecule has 0 radical (unpaired) electrons. The van der Waals surface area contributed by atoms with E-state index < -0.39 is 0 Å². The van der Waals surface area contributed by atoms with Gasteiger partial charge in [0.05, 0.1) is 11.7 Å². The van der Waals surface area contributed by atoms with Crippen LogP contribution in [0.2, 0.25) is 0 Å². The molecule has 1 atom stereocenters. The highest BCUT2D eigenvalue weighted by Gasteiger charge is 2.14. The van der Waals surface area contributed by atoms with Gasteiger partial charge in [-0.15, -0.1) is 0 Å². The molecule has 0 aromatic carbocycles. The molecule has 90 valence electrons. The van der Waals surface area contributed by atoms with Crippen LogP contribution in [0.5, 0.6) is 0 Å². The number of rotatable bonds is 4. The second kappa shape index (κ2) is 5.40.